The number of nitrogens with one attached hydrogen (secondary N) is 1. The smallest absolute Gasteiger partial charge is 0.233 e. The first-order valence-electron chi connectivity index (χ1n) is 7.32. The molecule has 2 nitrogen and oxygen atoms in total. The van der Waals surface area contributed by atoms with Crippen LogP contribution in [0.5, 0.6) is 0 Å². The van der Waals surface area contributed by atoms with E-state index in [1.807, 2.05) is 13.2 Å². The summed E-state index contributed by atoms with van der Waals surface area (Å²) in [6, 6.07) is 11.9. The molecular formula is C18H19F2NOS. The molecule has 0 aliphatic rings. The minimum absolute atomic E-state index is 0.122. The van der Waals surface area contributed by atoms with Gasteiger partial charge in [-0.15, -0.1) is 0 Å². The summed E-state index contributed by atoms with van der Waals surface area (Å²) in [6.07, 6.45) is 2.25. The molecule has 0 fully saturated rings. The Bertz CT molecular complexity index is 678. The quantitative estimate of drug-likeness (QED) is 0.860. The highest BCUT2D eigenvalue weighted by Gasteiger charge is 2.19. The number of hydrogen-bond donors (Lipinski definition) is 1. The summed E-state index contributed by atoms with van der Waals surface area (Å²) < 4.78 is 26.9. The van der Waals surface area contributed by atoms with Crippen LogP contribution in [0.4, 0.5) is 8.78 Å². The molecule has 0 unspecified atom stereocenters. The molecule has 0 radical (unpaired) electrons. The lowest BCUT2D eigenvalue weighted by Gasteiger charge is -2.21. The van der Waals surface area contributed by atoms with Gasteiger partial charge >= 0.3 is 0 Å². The van der Waals surface area contributed by atoms with E-state index in [2.05, 4.69) is 5.32 Å². The van der Waals surface area contributed by atoms with Gasteiger partial charge in [-0.3, -0.25) is 4.79 Å². The minimum atomic E-state index is -0.408. The van der Waals surface area contributed by atoms with E-state index in [1.165, 1.54) is 36.0 Å². The fourth-order valence-corrected chi connectivity index (χ4v) is 2.55. The van der Waals surface area contributed by atoms with Crippen LogP contribution in [0.1, 0.15) is 24.1 Å². The van der Waals surface area contributed by atoms with Crippen LogP contribution in [0.15, 0.2) is 48.5 Å². The minimum Gasteiger partial charge on any atom is -0.348 e. The molecule has 1 amide bonds. The van der Waals surface area contributed by atoms with Crippen molar-refractivity contribution < 1.29 is 13.6 Å². The second-order valence-corrected chi connectivity index (χ2v) is 6.51. The molecule has 2 rings (SSSR count). The van der Waals surface area contributed by atoms with E-state index in [9.17, 15) is 13.6 Å². The van der Waals surface area contributed by atoms with Crippen molar-refractivity contribution >= 4 is 17.7 Å². The molecule has 0 saturated heterocycles. The van der Waals surface area contributed by atoms with Gasteiger partial charge in [-0.2, -0.15) is 11.8 Å². The molecule has 2 aromatic rings. The number of carbonyl (C=O) groups excluding carboxylic acids is 1. The largest absolute Gasteiger partial charge is 0.348 e. The van der Waals surface area contributed by atoms with Crippen molar-refractivity contribution in [1.82, 2.24) is 5.32 Å². The van der Waals surface area contributed by atoms with Gasteiger partial charge in [-0.25, -0.2) is 8.78 Å². The zero-order valence-electron chi connectivity index (χ0n) is 13.1. The molecule has 2 aromatic carbocycles. The lowest BCUT2D eigenvalue weighted by Crippen LogP contribution is -2.35. The van der Waals surface area contributed by atoms with Gasteiger partial charge in [-0.1, -0.05) is 24.3 Å². The Morgan fingerprint density at radius 3 is 2.39 bits per heavy atom. The fraction of sp³-hybridized carbons (Fsp3) is 0.278. The van der Waals surface area contributed by atoms with Crippen LogP contribution in [0.3, 0.4) is 0 Å². The van der Waals surface area contributed by atoms with Gasteiger partial charge in [0.25, 0.3) is 0 Å². The van der Waals surface area contributed by atoms with Crippen LogP contribution < -0.4 is 5.32 Å². The molecule has 5 heteroatoms. The summed E-state index contributed by atoms with van der Waals surface area (Å²) in [4.78, 5) is 12.2. The van der Waals surface area contributed by atoms with E-state index in [-0.39, 0.29) is 22.8 Å². The Morgan fingerprint density at radius 2 is 1.78 bits per heavy atom. The summed E-state index contributed by atoms with van der Waals surface area (Å²) in [5.74, 6) is -0.814. The number of thioether (sulfide) groups is 1. The molecular weight excluding hydrogens is 316 g/mol. The lowest BCUT2D eigenvalue weighted by atomic mass is 9.98. The average Bonchev–Trinajstić information content (AvgIpc) is 2.53. The first kappa shape index (κ1) is 17.5. The van der Waals surface area contributed by atoms with Gasteiger partial charge in [-0.05, 0) is 55.0 Å². The maximum absolute atomic E-state index is 13.5. The molecule has 0 bridgehead atoms. The summed E-state index contributed by atoms with van der Waals surface area (Å²) in [5, 5.41) is 2.72. The second-order valence-electron chi connectivity index (χ2n) is 5.33. The number of halogens is 2. The number of rotatable bonds is 6. The van der Waals surface area contributed by atoms with Crippen molar-refractivity contribution in [3.63, 3.8) is 0 Å². The highest BCUT2D eigenvalue weighted by molar-refractivity contribution is 7.99. The molecule has 1 N–H and O–H groups in total. The summed E-state index contributed by atoms with van der Waals surface area (Å²) >= 11 is 1.44. The molecule has 0 saturated carbocycles. The zero-order valence-corrected chi connectivity index (χ0v) is 13.9. The van der Waals surface area contributed by atoms with Crippen molar-refractivity contribution in [3.8, 4) is 0 Å². The number of carbonyl (C=O) groups is 1. The van der Waals surface area contributed by atoms with Crippen LogP contribution >= 0.6 is 11.8 Å². The van der Waals surface area contributed by atoms with Gasteiger partial charge in [0, 0.05) is 0 Å². The van der Waals surface area contributed by atoms with Crippen LogP contribution in [0.25, 0.3) is 0 Å². The van der Waals surface area contributed by atoms with E-state index in [0.717, 1.165) is 5.56 Å². The van der Waals surface area contributed by atoms with Crippen molar-refractivity contribution in [2.75, 3.05) is 6.26 Å². The van der Waals surface area contributed by atoms with Crippen molar-refractivity contribution in [1.29, 1.82) is 0 Å². The third-order valence-corrected chi connectivity index (χ3v) is 4.54. The van der Waals surface area contributed by atoms with Crippen molar-refractivity contribution in [3.05, 3.63) is 71.3 Å². The maximum Gasteiger partial charge on any atom is 0.233 e. The molecule has 23 heavy (non-hydrogen) atoms. The Hall–Kier alpha value is -1.88. The van der Waals surface area contributed by atoms with E-state index in [1.54, 1.807) is 24.3 Å². The van der Waals surface area contributed by atoms with Crippen LogP contribution in [0.2, 0.25) is 0 Å². The fourth-order valence-electron chi connectivity index (χ4n) is 2.27. The van der Waals surface area contributed by atoms with Gasteiger partial charge in [0.05, 0.1) is 11.3 Å². The van der Waals surface area contributed by atoms with Crippen molar-refractivity contribution in [2.24, 2.45) is 0 Å². The average molecular weight is 335 g/mol. The van der Waals surface area contributed by atoms with E-state index < -0.39 is 6.04 Å². The molecule has 2 atom stereocenters. The van der Waals surface area contributed by atoms with Gasteiger partial charge in [0.15, 0.2) is 0 Å². The third kappa shape index (κ3) is 5.06. The SMILES string of the molecule is CS[C@@H](C)C(=O)N[C@@H](Cc1cccc(F)c1)c1cccc(F)c1. The first-order chi connectivity index (χ1) is 11.0. The molecule has 0 aromatic heterocycles. The molecule has 122 valence electrons. The van der Waals surface area contributed by atoms with Gasteiger partial charge in [0.2, 0.25) is 5.91 Å². The zero-order chi connectivity index (χ0) is 16.8. The third-order valence-electron chi connectivity index (χ3n) is 3.62. The number of amides is 1. The molecule has 0 aliphatic heterocycles. The normalized spacial score (nSPS) is 13.4. The van der Waals surface area contributed by atoms with Crippen LogP contribution in [-0.4, -0.2) is 17.4 Å². The maximum atomic E-state index is 13.5. The van der Waals surface area contributed by atoms with Crippen LogP contribution in [0, 0.1) is 11.6 Å². The van der Waals surface area contributed by atoms with Gasteiger partial charge in [0.1, 0.15) is 11.6 Å². The van der Waals surface area contributed by atoms with Crippen molar-refractivity contribution in [2.45, 2.75) is 24.6 Å². The topological polar surface area (TPSA) is 29.1 Å². The number of benzene rings is 2. The Labute approximate surface area is 139 Å². The molecule has 0 heterocycles. The van der Waals surface area contributed by atoms with E-state index in [4.69, 9.17) is 0 Å². The molecule has 0 aliphatic carbocycles. The molecule has 0 spiro atoms. The van der Waals surface area contributed by atoms with Crippen LogP contribution in [-0.2, 0) is 11.2 Å². The first-order valence-corrected chi connectivity index (χ1v) is 8.61. The van der Waals surface area contributed by atoms with E-state index in [0.29, 0.717) is 12.0 Å². The predicted molar refractivity (Wildman–Crippen MR) is 90.4 cm³/mol. The Morgan fingerprint density at radius 1 is 1.13 bits per heavy atom. The summed E-state index contributed by atoms with van der Waals surface area (Å²) in [6.45, 7) is 1.81. The summed E-state index contributed by atoms with van der Waals surface area (Å²) in [5.41, 5.74) is 1.41. The Balaban J connectivity index is 2.25. The standard InChI is InChI=1S/C18H19F2NOS/c1-12(23-2)18(22)21-17(14-6-4-8-16(20)11-14)10-13-5-3-7-15(19)9-13/h3-9,11-12,17H,10H2,1-2H3,(H,21,22)/t12-,17-/m0/s1. The van der Waals surface area contributed by atoms with E-state index >= 15 is 0 Å². The second kappa shape index (κ2) is 8.11. The Kier molecular flexibility index (Phi) is 6.16. The monoisotopic (exact) mass is 335 g/mol. The summed E-state index contributed by atoms with van der Waals surface area (Å²) in [7, 11) is 0. The number of hydrogen-bond acceptors (Lipinski definition) is 2. The highest BCUT2D eigenvalue weighted by Crippen LogP contribution is 2.21. The lowest BCUT2D eigenvalue weighted by molar-refractivity contribution is -0.121. The predicted octanol–water partition coefficient (Wildman–Crippen LogP) is 4.12. The highest BCUT2D eigenvalue weighted by atomic mass is 32.2. The van der Waals surface area contributed by atoms with Gasteiger partial charge < -0.3 is 5.32 Å².